The van der Waals surface area contributed by atoms with Gasteiger partial charge in [0.15, 0.2) is 5.70 Å². The Morgan fingerprint density at radius 1 is 1.15 bits per heavy atom. The molecular weight excluding hydrogens is 346 g/mol. The van der Waals surface area contributed by atoms with Crippen molar-refractivity contribution in [1.82, 2.24) is 0 Å². The minimum Gasteiger partial charge on any atom is -0.494 e. The van der Waals surface area contributed by atoms with Crippen molar-refractivity contribution in [2.45, 2.75) is 19.8 Å². The van der Waals surface area contributed by atoms with Crippen LogP contribution in [0.25, 0.3) is 6.08 Å². The fourth-order valence-corrected chi connectivity index (χ4v) is 2.44. The Morgan fingerprint density at radius 3 is 2.48 bits per heavy atom. The lowest BCUT2D eigenvalue weighted by Gasteiger charge is -2.05. The Hall–Kier alpha value is -3.41. The Morgan fingerprint density at radius 2 is 1.85 bits per heavy atom. The van der Waals surface area contributed by atoms with Crippen molar-refractivity contribution in [3.8, 4) is 5.75 Å². The number of nitrogens with zero attached hydrogens (tertiary/aromatic N) is 1. The lowest BCUT2D eigenvalue weighted by molar-refractivity contribution is -0.129. The SMILES string of the molecule is CCCCOc1ccc(C2=N/C(=C\c3ccc(C(=O)O)cc3)C(=O)O2)cc1. The first-order valence-corrected chi connectivity index (χ1v) is 8.66. The van der Waals surface area contributed by atoms with E-state index in [2.05, 4.69) is 11.9 Å². The normalized spacial score (nSPS) is 14.8. The minimum absolute atomic E-state index is 0.163. The fraction of sp³-hybridized carbons (Fsp3) is 0.190. The Labute approximate surface area is 156 Å². The molecular formula is C21H19NO5. The van der Waals surface area contributed by atoms with E-state index in [1.165, 1.54) is 12.1 Å². The number of hydrogen-bond acceptors (Lipinski definition) is 5. The number of cyclic esters (lactones) is 1. The van der Waals surface area contributed by atoms with Crippen LogP contribution in [0.1, 0.15) is 41.3 Å². The number of unbranched alkanes of at least 4 members (excludes halogenated alkanes) is 1. The molecule has 6 heteroatoms. The van der Waals surface area contributed by atoms with Gasteiger partial charge in [-0.1, -0.05) is 25.5 Å². The molecule has 1 N–H and O–H groups in total. The van der Waals surface area contributed by atoms with Gasteiger partial charge < -0.3 is 14.6 Å². The maximum Gasteiger partial charge on any atom is 0.363 e. The van der Waals surface area contributed by atoms with Crippen LogP contribution in [0.5, 0.6) is 5.75 Å². The number of hydrogen-bond donors (Lipinski definition) is 1. The summed E-state index contributed by atoms with van der Waals surface area (Å²) < 4.78 is 10.9. The highest BCUT2D eigenvalue weighted by Gasteiger charge is 2.24. The van der Waals surface area contributed by atoms with Gasteiger partial charge in [-0.3, -0.25) is 0 Å². The summed E-state index contributed by atoms with van der Waals surface area (Å²) in [5.41, 5.74) is 1.68. The molecule has 0 bridgehead atoms. The molecule has 2 aromatic carbocycles. The molecule has 0 radical (unpaired) electrons. The molecule has 138 valence electrons. The van der Waals surface area contributed by atoms with Gasteiger partial charge in [0.25, 0.3) is 0 Å². The maximum absolute atomic E-state index is 12.1. The van der Waals surface area contributed by atoms with E-state index in [9.17, 15) is 9.59 Å². The Bertz CT molecular complexity index is 895. The molecule has 0 saturated heterocycles. The van der Waals surface area contributed by atoms with Crippen LogP contribution in [0.2, 0.25) is 0 Å². The molecule has 0 unspecified atom stereocenters. The van der Waals surface area contributed by atoms with Gasteiger partial charge in [0.1, 0.15) is 5.75 Å². The molecule has 0 fully saturated rings. The van der Waals surface area contributed by atoms with Crippen molar-refractivity contribution < 1.29 is 24.2 Å². The highest BCUT2D eigenvalue weighted by atomic mass is 16.6. The molecule has 27 heavy (non-hydrogen) atoms. The monoisotopic (exact) mass is 365 g/mol. The lowest BCUT2D eigenvalue weighted by Crippen LogP contribution is -2.05. The average Bonchev–Trinajstić information content (AvgIpc) is 3.03. The van der Waals surface area contributed by atoms with Crippen molar-refractivity contribution in [3.05, 3.63) is 70.9 Å². The van der Waals surface area contributed by atoms with Crippen LogP contribution in [-0.4, -0.2) is 29.5 Å². The highest BCUT2D eigenvalue weighted by Crippen LogP contribution is 2.21. The van der Waals surface area contributed by atoms with E-state index >= 15 is 0 Å². The summed E-state index contributed by atoms with van der Waals surface area (Å²) >= 11 is 0. The standard InChI is InChI=1S/C21H19NO5/c1-2-3-12-26-17-10-8-15(9-11-17)19-22-18(21(25)27-19)13-14-4-6-16(7-5-14)20(23)24/h4-11,13H,2-3,12H2,1H3,(H,23,24)/b18-13-. The van der Waals surface area contributed by atoms with E-state index in [0.29, 0.717) is 17.7 Å². The van der Waals surface area contributed by atoms with Crippen molar-refractivity contribution in [3.63, 3.8) is 0 Å². The van der Waals surface area contributed by atoms with Crippen molar-refractivity contribution >= 4 is 23.9 Å². The molecule has 3 rings (SSSR count). The van der Waals surface area contributed by atoms with Crippen LogP contribution >= 0.6 is 0 Å². The first kappa shape index (κ1) is 18.4. The zero-order valence-corrected chi connectivity index (χ0v) is 14.8. The van der Waals surface area contributed by atoms with Crippen LogP contribution in [0.15, 0.2) is 59.2 Å². The van der Waals surface area contributed by atoms with Gasteiger partial charge in [-0.2, -0.15) is 0 Å². The maximum atomic E-state index is 12.1. The predicted molar refractivity (Wildman–Crippen MR) is 101 cm³/mol. The van der Waals surface area contributed by atoms with Gasteiger partial charge in [0.05, 0.1) is 12.2 Å². The summed E-state index contributed by atoms with van der Waals surface area (Å²) in [7, 11) is 0. The molecule has 1 aliphatic rings. The van der Waals surface area contributed by atoms with Gasteiger partial charge in [-0.25, -0.2) is 14.6 Å². The van der Waals surface area contributed by atoms with E-state index in [1.807, 2.05) is 12.1 Å². The smallest absolute Gasteiger partial charge is 0.363 e. The molecule has 0 amide bonds. The number of esters is 1. The number of aromatic carboxylic acids is 1. The van der Waals surface area contributed by atoms with E-state index in [-0.39, 0.29) is 17.2 Å². The van der Waals surface area contributed by atoms with Crippen molar-refractivity contribution in [2.75, 3.05) is 6.61 Å². The lowest BCUT2D eigenvalue weighted by atomic mass is 10.1. The number of benzene rings is 2. The van der Waals surface area contributed by atoms with E-state index in [4.69, 9.17) is 14.6 Å². The zero-order chi connectivity index (χ0) is 19.2. The van der Waals surface area contributed by atoms with Gasteiger partial charge in [0, 0.05) is 5.56 Å². The third-order valence-corrected chi connectivity index (χ3v) is 3.95. The van der Waals surface area contributed by atoms with Crippen LogP contribution in [0, 0.1) is 0 Å². The highest BCUT2D eigenvalue weighted by molar-refractivity contribution is 6.12. The van der Waals surface area contributed by atoms with Crippen molar-refractivity contribution in [2.24, 2.45) is 4.99 Å². The Kier molecular flexibility index (Phi) is 5.66. The quantitative estimate of drug-likeness (QED) is 0.457. The van der Waals surface area contributed by atoms with Gasteiger partial charge in [0.2, 0.25) is 5.90 Å². The molecule has 0 atom stereocenters. The van der Waals surface area contributed by atoms with E-state index in [0.717, 1.165) is 18.6 Å². The summed E-state index contributed by atoms with van der Waals surface area (Å²) in [6.45, 7) is 2.77. The van der Waals surface area contributed by atoms with Crippen LogP contribution in [-0.2, 0) is 9.53 Å². The molecule has 1 aliphatic heterocycles. The topological polar surface area (TPSA) is 85.2 Å². The molecule has 6 nitrogen and oxygen atoms in total. The Balaban J connectivity index is 1.74. The average molecular weight is 365 g/mol. The first-order valence-electron chi connectivity index (χ1n) is 8.66. The molecule has 1 heterocycles. The van der Waals surface area contributed by atoms with Gasteiger partial charge >= 0.3 is 11.9 Å². The second-order valence-corrected chi connectivity index (χ2v) is 5.99. The molecule has 0 spiro atoms. The van der Waals surface area contributed by atoms with Crippen LogP contribution in [0.3, 0.4) is 0 Å². The van der Waals surface area contributed by atoms with E-state index < -0.39 is 11.9 Å². The van der Waals surface area contributed by atoms with Crippen LogP contribution < -0.4 is 4.74 Å². The summed E-state index contributed by atoms with van der Waals surface area (Å²) in [6.07, 6.45) is 3.62. The van der Waals surface area contributed by atoms with Gasteiger partial charge in [-0.15, -0.1) is 0 Å². The number of carbonyl (C=O) groups is 2. The number of ether oxygens (including phenoxy) is 2. The number of carbonyl (C=O) groups excluding carboxylic acids is 1. The van der Waals surface area contributed by atoms with Gasteiger partial charge in [-0.05, 0) is 54.5 Å². The fourth-order valence-electron chi connectivity index (χ4n) is 2.44. The third-order valence-electron chi connectivity index (χ3n) is 3.95. The molecule has 0 aromatic heterocycles. The minimum atomic E-state index is -1.00. The first-order chi connectivity index (χ1) is 13.1. The summed E-state index contributed by atoms with van der Waals surface area (Å²) in [6, 6.07) is 13.4. The number of aliphatic imine (C=N–C) groups is 1. The van der Waals surface area contributed by atoms with Crippen molar-refractivity contribution in [1.29, 1.82) is 0 Å². The van der Waals surface area contributed by atoms with E-state index in [1.54, 1.807) is 30.3 Å². The molecule has 0 aliphatic carbocycles. The predicted octanol–water partition coefficient (Wildman–Crippen LogP) is 3.91. The molecule has 2 aromatic rings. The number of carboxylic acid groups (broad SMARTS) is 1. The number of rotatable bonds is 7. The second-order valence-electron chi connectivity index (χ2n) is 5.99. The summed E-state index contributed by atoms with van der Waals surface area (Å²) in [4.78, 5) is 27.2. The van der Waals surface area contributed by atoms with Crippen LogP contribution in [0.4, 0.5) is 0 Å². The molecule has 0 saturated carbocycles. The third kappa shape index (κ3) is 4.61. The summed E-state index contributed by atoms with van der Waals surface area (Å²) in [5.74, 6) is -0.563. The summed E-state index contributed by atoms with van der Waals surface area (Å²) in [5, 5.41) is 8.92. The second kappa shape index (κ2) is 8.31. The largest absolute Gasteiger partial charge is 0.494 e. The zero-order valence-electron chi connectivity index (χ0n) is 14.8. The number of carboxylic acids is 1.